The van der Waals surface area contributed by atoms with Crippen LogP contribution in [0.5, 0.6) is 0 Å². The van der Waals surface area contributed by atoms with Crippen molar-refractivity contribution >= 4 is 44.0 Å². The highest BCUT2D eigenvalue weighted by Gasteiger charge is 2.30. The zero-order valence-corrected chi connectivity index (χ0v) is 13.5. The van der Waals surface area contributed by atoms with Crippen LogP contribution in [0.2, 0.25) is 0 Å². The van der Waals surface area contributed by atoms with Crippen LogP contribution in [0.4, 0.5) is 10.8 Å². The zero-order chi connectivity index (χ0) is 14.0. The molecule has 0 radical (unpaired) electrons. The number of anilines is 2. The van der Waals surface area contributed by atoms with Gasteiger partial charge in [0.25, 0.3) is 0 Å². The summed E-state index contributed by atoms with van der Waals surface area (Å²) in [4.78, 5) is 18.6. The van der Waals surface area contributed by atoms with E-state index in [0.717, 1.165) is 9.47 Å². The summed E-state index contributed by atoms with van der Waals surface area (Å²) in [6, 6.07) is 9.60. The third-order valence-electron chi connectivity index (χ3n) is 2.52. The molecular weight excluding hydrogens is 324 g/mol. The second-order valence-electron chi connectivity index (χ2n) is 5.17. The van der Waals surface area contributed by atoms with Crippen LogP contribution in [0.25, 0.3) is 0 Å². The first-order valence-corrected chi connectivity index (χ1v) is 7.51. The Hall–Kier alpha value is -1.20. The average molecular weight is 339 g/mol. The van der Waals surface area contributed by atoms with Crippen LogP contribution in [-0.2, 0) is 4.79 Å². The summed E-state index contributed by atoms with van der Waals surface area (Å²) in [5.41, 5.74) is 0.373. The number of hydrogen-bond acceptors (Lipinski definition) is 3. The Labute approximate surface area is 125 Å². The van der Waals surface area contributed by atoms with Gasteiger partial charge in [0.1, 0.15) is 0 Å². The summed E-state index contributed by atoms with van der Waals surface area (Å²) in [5.74, 6) is 0.0283. The number of para-hydroxylation sites is 1. The van der Waals surface area contributed by atoms with Crippen molar-refractivity contribution in [2.24, 2.45) is 5.41 Å². The molecule has 19 heavy (non-hydrogen) atoms. The molecule has 0 aliphatic carbocycles. The average Bonchev–Trinajstić information content (AvgIpc) is 2.76. The molecule has 100 valence electrons. The van der Waals surface area contributed by atoms with E-state index in [4.69, 9.17) is 0 Å². The highest BCUT2D eigenvalue weighted by molar-refractivity contribution is 9.11. The van der Waals surface area contributed by atoms with Crippen LogP contribution in [0.1, 0.15) is 20.8 Å². The summed E-state index contributed by atoms with van der Waals surface area (Å²) >= 11 is 4.84. The highest BCUT2D eigenvalue weighted by atomic mass is 79.9. The van der Waals surface area contributed by atoms with Crippen molar-refractivity contribution in [3.05, 3.63) is 40.3 Å². The van der Waals surface area contributed by atoms with Crippen LogP contribution in [0.15, 0.2) is 40.3 Å². The minimum absolute atomic E-state index is 0.0283. The Kier molecular flexibility index (Phi) is 4.06. The molecule has 0 spiro atoms. The molecule has 1 aromatic carbocycles. The van der Waals surface area contributed by atoms with E-state index in [-0.39, 0.29) is 5.91 Å². The molecule has 3 nitrogen and oxygen atoms in total. The Bertz CT molecular complexity index is 575. The lowest BCUT2D eigenvalue weighted by Crippen LogP contribution is -2.36. The van der Waals surface area contributed by atoms with E-state index in [1.165, 1.54) is 11.3 Å². The molecule has 0 bridgehead atoms. The number of aromatic nitrogens is 1. The van der Waals surface area contributed by atoms with E-state index in [0.29, 0.717) is 5.13 Å². The fraction of sp³-hybridized carbons (Fsp3) is 0.286. The van der Waals surface area contributed by atoms with Gasteiger partial charge >= 0.3 is 0 Å². The molecule has 1 amide bonds. The van der Waals surface area contributed by atoms with Crippen molar-refractivity contribution in [1.82, 2.24) is 4.98 Å². The second-order valence-corrected chi connectivity index (χ2v) is 7.56. The number of amides is 1. The summed E-state index contributed by atoms with van der Waals surface area (Å²) < 4.78 is 0.908. The molecule has 0 aliphatic rings. The molecule has 0 atom stereocenters. The van der Waals surface area contributed by atoms with Crippen LogP contribution < -0.4 is 4.90 Å². The number of benzene rings is 1. The minimum atomic E-state index is -0.464. The predicted octanol–water partition coefficient (Wildman–Crippen LogP) is 4.62. The van der Waals surface area contributed by atoms with Gasteiger partial charge in [-0.05, 0) is 28.1 Å². The van der Waals surface area contributed by atoms with Crippen LogP contribution in [0, 0.1) is 5.41 Å². The maximum atomic E-state index is 12.7. The second kappa shape index (κ2) is 5.43. The Morgan fingerprint density at radius 3 is 2.37 bits per heavy atom. The minimum Gasteiger partial charge on any atom is -0.273 e. The topological polar surface area (TPSA) is 33.2 Å². The van der Waals surface area contributed by atoms with Crippen molar-refractivity contribution in [3.8, 4) is 0 Å². The lowest BCUT2D eigenvalue weighted by molar-refractivity contribution is -0.125. The SMILES string of the molecule is CC(C)(C)C(=O)N(c1ccccc1)c1ncc(Br)s1. The van der Waals surface area contributed by atoms with E-state index in [1.807, 2.05) is 51.1 Å². The molecule has 0 aliphatic heterocycles. The fourth-order valence-electron chi connectivity index (χ4n) is 1.58. The Balaban J connectivity index is 2.49. The smallest absolute Gasteiger partial charge is 0.238 e. The van der Waals surface area contributed by atoms with Crippen molar-refractivity contribution in [2.45, 2.75) is 20.8 Å². The summed E-state index contributed by atoms with van der Waals surface area (Å²) in [7, 11) is 0. The van der Waals surface area contributed by atoms with Crippen molar-refractivity contribution < 1.29 is 4.79 Å². The quantitative estimate of drug-likeness (QED) is 0.800. The number of carbonyl (C=O) groups is 1. The lowest BCUT2D eigenvalue weighted by atomic mass is 9.94. The van der Waals surface area contributed by atoms with E-state index < -0.39 is 5.41 Å². The van der Waals surface area contributed by atoms with E-state index in [1.54, 1.807) is 11.1 Å². The van der Waals surface area contributed by atoms with Gasteiger partial charge in [0.15, 0.2) is 5.13 Å². The first-order valence-electron chi connectivity index (χ1n) is 5.90. The molecule has 0 N–H and O–H groups in total. The number of carbonyl (C=O) groups excluding carboxylic acids is 1. The van der Waals surface area contributed by atoms with Gasteiger partial charge in [-0.3, -0.25) is 9.69 Å². The molecule has 2 rings (SSSR count). The summed E-state index contributed by atoms with van der Waals surface area (Å²) in [5, 5.41) is 0.679. The third kappa shape index (κ3) is 3.22. The molecular formula is C14H15BrN2OS. The molecule has 1 aromatic heterocycles. The molecule has 0 saturated heterocycles. The summed E-state index contributed by atoms with van der Waals surface area (Å²) in [6.45, 7) is 5.73. The predicted molar refractivity (Wildman–Crippen MR) is 82.9 cm³/mol. The molecule has 0 unspecified atom stereocenters. The molecule has 5 heteroatoms. The molecule has 1 heterocycles. The first kappa shape index (κ1) is 14.2. The van der Waals surface area contributed by atoms with Gasteiger partial charge < -0.3 is 0 Å². The van der Waals surface area contributed by atoms with E-state index in [2.05, 4.69) is 20.9 Å². The highest BCUT2D eigenvalue weighted by Crippen LogP contribution is 2.35. The Morgan fingerprint density at radius 1 is 1.26 bits per heavy atom. The van der Waals surface area contributed by atoms with Crippen LogP contribution in [-0.4, -0.2) is 10.9 Å². The standard InChI is InChI=1S/C14H15BrN2OS/c1-14(2,3)12(18)17(10-7-5-4-6-8-10)13-16-9-11(15)19-13/h4-9H,1-3H3. The van der Waals surface area contributed by atoms with E-state index >= 15 is 0 Å². The third-order valence-corrected chi connectivity index (χ3v) is 3.98. The van der Waals surface area contributed by atoms with E-state index in [9.17, 15) is 4.79 Å². The number of hydrogen-bond donors (Lipinski definition) is 0. The maximum Gasteiger partial charge on any atom is 0.238 e. The van der Waals surface area contributed by atoms with Gasteiger partial charge in [0.05, 0.1) is 15.7 Å². The Morgan fingerprint density at radius 2 is 1.89 bits per heavy atom. The normalized spacial score (nSPS) is 11.4. The number of nitrogens with zero attached hydrogens (tertiary/aromatic N) is 2. The molecule has 0 saturated carbocycles. The number of halogens is 1. The molecule has 2 aromatic rings. The largest absolute Gasteiger partial charge is 0.273 e. The van der Waals surface area contributed by atoms with Gasteiger partial charge in [-0.15, -0.1) is 0 Å². The van der Waals surface area contributed by atoms with Gasteiger partial charge in [0.2, 0.25) is 5.91 Å². The van der Waals surface area contributed by atoms with Gasteiger partial charge in [-0.2, -0.15) is 0 Å². The lowest BCUT2D eigenvalue weighted by Gasteiger charge is -2.27. The van der Waals surface area contributed by atoms with Crippen LogP contribution in [0.3, 0.4) is 0 Å². The van der Waals surface area contributed by atoms with Crippen molar-refractivity contribution in [3.63, 3.8) is 0 Å². The van der Waals surface area contributed by atoms with Crippen molar-refractivity contribution in [2.75, 3.05) is 4.90 Å². The summed E-state index contributed by atoms with van der Waals surface area (Å²) in [6.07, 6.45) is 1.71. The number of rotatable bonds is 2. The monoisotopic (exact) mass is 338 g/mol. The van der Waals surface area contributed by atoms with Gasteiger partial charge in [-0.1, -0.05) is 50.3 Å². The first-order chi connectivity index (χ1) is 8.89. The molecule has 0 fully saturated rings. The van der Waals surface area contributed by atoms with Crippen molar-refractivity contribution in [1.29, 1.82) is 0 Å². The zero-order valence-electron chi connectivity index (χ0n) is 11.1. The fourth-order valence-corrected chi connectivity index (χ4v) is 2.78. The van der Waals surface area contributed by atoms with Gasteiger partial charge in [-0.25, -0.2) is 4.98 Å². The number of thiazole rings is 1. The van der Waals surface area contributed by atoms with Gasteiger partial charge in [0, 0.05) is 5.41 Å². The maximum absolute atomic E-state index is 12.7. The van der Waals surface area contributed by atoms with Crippen LogP contribution >= 0.6 is 27.3 Å².